The number of aromatic hydroxyl groups is 1. The van der Waals surface area contributed by atoms with Crippen LogP contribution in [0, 0.1) is 35.8 Å². The molecule has 0 heterocycles. The molecular formula is C7H7N5O7S. The number of rotatable bonds is 3. The number of nitrogens with zero attached hydrogens (tertiary/aromatic N) is 3. The monoisotopic (exact) mass is 305 g/mol. The molecule has 0 atom stereocenters. The summed E-state index contributed by atoms with van der Waals surface area (Å²) in [5.74, 6) is -1.21. The van der Waals surface area contributed by atoms with Crippen molar-refractivity contribution in [1.82, 2.24) is 0 Å². The molecule has 0 spiro atoms. The Balaban J connectivity index is 0.000000796. The van der Waals surface area contributed by atoms with Gasteiger partial charge in [-0.05, 0) is 0 Å². The molecule has 4 N–H and O–H groups in total. The van der Waals surface area contributed by atoms with Crippen LogP contribution >= 0.6 is 12.6 Å². The molecule has 0 amide bonds. The smallest absolute Gasteiger partial charge is 0.324 e. The molecule has 0 aliphatic heterocycles. The minimum Gasteiger partial charge on any atom is -0.497 e. The largest absolute Gasteiger partial charge is 0.497 e. The van der Waals surface area contributed by atoms with Gasteiger partial charge in [-0.1, -0.05) is 0 Å². The highest BCUT2D eigenvalue weighted by atomic mass is 32.1. The van der Waals surface area contributed by atoms with Crippen LogP contribution in [0.5, 0.6) is 5.75 Å². The zero-order chi connectivity index (χ0) is 16.0. The Morgan fingerprint density at radius 2 is 1.40 bits per heavy atom. The summed E-state index contributed by atoms with van der Waals surface area (Å²) in [6, 6.07) is 0.894. The molecule has 1 aromatic carbocycles. The van der Waals surface area contributed by atoms with Crippen LogP contribution in [0.15, 0.2) is 12.1 Å². The molecule has 0 aromatic heterocycles. The van der Waals surface area contributed by atoms with E-state index in [9.17, 15) is 30.3 Å². The van der Waals surface area contributed by atoms with Crippen LogP contribution in [0.4, 0.5) is 17.1 Å². The van der Waals surface area contributed by atoms with Gasteiger partial charge in [-0.25, -0.2) is 0 Å². The third-order valence-corrected chi connectivity index (χ3v) is 1.66. The molecule has 0 unspecified atom stereocenters. The second-order valence-electron chi connectivity index (χ2n) is 2.99. The molecule has 1 aromatic rings. The Morgan fingerprint density at radius 3 is 1.60 bits per heavy atom. The standard InChI is InChI=1S/C6H3N3O7.CH4N2S/c10-6-4(8(13)14)1-3(7(11)12)2-5(6)9(15)16;2-1(3)4/h1-2,10H;(H4,2,3,4). The minimum atomic E-state index is -1.21. The number of phenols is 1. The molecule has 13 heteroatoms. The SMILES string of the molecule is N=C(N)S.O=[N+]([O-])c1cc([N+](=O)[O-])c(O)c([N+](=O)[O-])c1. The number of nitrogens with one attached hydrogen (secondary N) is 1. The van der Waals surface area contributed by atoms with Crippen LogP contribution in [-0.2, 0) is 0 Å². The highest BCUT2D eigenvalue weighted by molar-refractivity contribution is 7.96. The zero-order valence-electron chi connectivity index (χ0n) is 9.42. The maximum absolute atomic E-state index is 10.4. The van der Waals surface area contributed by atoms with Gasteiger partial charge in [-0.2, -0.15) is 0 Å². The Bertz CT molecular complexity index is 550. The van der Waals surface area contributed by atoms with Gasteiger partial charge in [0.05, 0.1) is 26.9 Å². The number of benzene rings is 1. The topological polar surface area (TPSA) is 200 Å². The number of nitrogens with two attached hydrogens (primary N) is 1. The quantitative estimate of drug-likeness (QED) is 0.207. The summed E-state index contributed by atoms with van der Waals surface area (Å²) < 4.78 is 0. The van der Waals surface area contributed by atoms with Crippen LogP contribution in [-0.4, -0.2) is 25.0 Å². The van der Waals surface area contributed by atoms with Crippen molar-refractivity contribution in [2.45, 2.75) is 0 Å². The number of non-ortho nitro benzene ring substituents is 1. The summed E-state index contributed by atoms with van der Waals surface area (Å²) in [5, 5.41) is 46.2. The molecule has 1 rings (SSSR count). The second kappa shape index (κ2) is 6.83. The summed E-state index contributed by atoms with van der Waals surface area (Å²) in [4.78, 5) is 27.8. The molecule has 0 aliphatic rings. The van der Waals surface area contributed by atoms with Crippen LogP contribution in [0.1, 0.15) is 0 Å². The van der Waals surface area contributed by atoms with E-state index in [-0.39, 0.29) is 5.17 Å². The predicted octanol–water partition coefficient (Wildman–Crippen LogP) is 0.926. The normalized spacial score (nSPS) is 9.05. The van der Waals surface area contributed by atoms with Crippen molar-refractivity contribution in [3.63, 3.8) is 0 Å². The first kappa shape index (κ1) is 17.0. The van der Waals surface area contributed by atoms with Gasteiger partial charge in [-0.3, -0.25) is 35.8 Å². The number of phenolic OH excluding ortho intramolecular Hbond substituents is 1. The zero-order valence-corrected chi connectivity index (χ0v) is 10.3. The number of thiol groups is 1. The van der Waals surface area contributed by atoms with E-state index in [1.54, 1.807) is 0 Å². The summed E-state index contributed by atoms with van der Waals surface area (Å²) in [6.07, 6.45) is 0. The minimum absolute atomic E-state index is 0.139. The van der Waals surface area contributed by atoms with E-state index in [1.807, 2.05) is 0 Å². The number of nitro benzene ring substituents is 3. The average molecular weight is 305 g/mol. The van der Waals surface area contributed by atoms with E-state index < -0.39 is 37.6 Å². The van der Waals surface area contributed by atoms with Gasteiger partial charge in [-0.15, -0.1) is 12.6 Å². The second-order valence-corrected chi connectivity index (χ2v) is 3.47. The maximum atomic E-state index is 10.4. The van der Waals surface area contributed by atoms with E-state index >= 15 is 0 Å². The fraction of sp³-hybridized carbons (Fsp3) is 0. The van der Waals surface area contributed by atoms with Crippen molar-refractivity contribution in [2.75, 3.05) is 0 Å². The summed E-state index contributed by atoms with van der Waals surface area (Å²) in [6.45, 7) is 0. The van der Waals surface area contributed by atoms with Gasteiger partial charge in [0.15, 0.2) is 0 Å². The van der Waals surface area contributed by atoms with E-state index in [1.165, 1.54) is 0 Å². The molecule has 0 radical (unpaired) electrons. The molecule has 12 nitrogen and oxygen atoms in total. The number of hydrogen-bond donors (Lipinski definition) is 4. The van der Waals surface area contributed by atoms with Gasteiger partial charge < -0.3 is 10.8 Å². The van der Waals surface area contributed by atoms with Crippen molar-refractivity contribution in [3.05, 3.63) is 42.5 Å². The molecular weight excluding hydrogens is 298 g/mol. The summed E-state index contributed by atoms with van der Waals surface area (Å²) in [7, 11) is 0. The highest BCUT2D eigenvalue weighted by Gasteiger charge is 2.29. The average Bonchev–Trinajstić information content (AvgIpc) is 2.27. The first-order valence-corrected chi connectivity index (χ1v) is 4.85. The van der Waals surface area contributed by atoms with Gasteiger partial charge in [0, 0.05) is 0 Å². The maximum Gasteiger partial charge on any atom is 0.324 e. The lowest BCUT2D eigenvalue weighted by Gasteiger charge is -1.97. The van der Waals surface area contributed by atoms with Crippen molar-refractivity contribution < 1.29 is 19.9 Å². The Hall–Kier alpha value is -2.96. The first-order valence-electron chi connectivity index (χ1n) is 4.41. The Kier molecular flexibility index (Phi) is 5.82. The molecule has 0 bridgehead atoms. The lowest BCUT2D eigenvalue weighted by Crippen LogP contribution is -1.97. The summed E-state index contributed by atoms with van der Waals surface area (Å²) >= 11 is 3.33. The van der Waals surface area contributed by atoms with E-state index in [0.29, 0.717) is 12.1 Å². The van der Waals surface area contributed by atoms with Crippen molar-refractivity contribution in [3.8, 4) is 5.75 Å². The summed E-state index contributed by atoms with van der Waals surface area (Å²) in [5.41, 5.74) is 1.56. The lowest BCUT2D eigenvalue weighted by atomic mass is 10.2. The molecule has 108 valence electrons. The number of hydrogen-bond acceptors (Lipinski definition) is 8. The first-order chi connectivity index (χ1) is 9.07. The van der Waals surface area contributed by atoms with Crippen LogP contribution in [0.2, 0.25) is 0 Å². The van der Waals surface area contributed by atoms with Gasteiger partial charge >= 0.3 is 11.4 Å². The van der Waals surface area contributed by atoms with Gasteiger partial charge in [0.2, 0.25) is 0 Å². The van der Waals surface area contributed by atoms with E-state index in [4.69, 9.17) is 10.5 Å². The molecule has 0 fully saturated rings. The third-order valence-electron chi connectivity index (χ3n) is 1.66. The van der Waals surface area contributed by atoms with Crippen LogP contribution in [0.25, 0.3) is 0 Å². The Morgan fingerprint density at radius 1 is 1.10 bits per heavy atom. The van der Waals surface area contributed by atoms with Crippen molar-refractivity contribution in [1.29, 1.82) is 5.41 Å². The Labute approximate surface area is 115 Å². The predicted molar refractivity (Wildman–Crippen MR) is 69.0 cm³/mol. The molecule has 0 saturated carbocycles. The van der Waals surface area contributed by atoms with Crippen LogP contribution < -0.4 is 5.73 Å². The number of amidine groups is 1. The molecule has 0 saturated heterocycles. The van der Waals surface area contributed by atoms with Gasteiger partial charge in [0.25, 0.3) is 11.4 Å². The highest BCUT2D eigenvalue weighted by Crippen LogP contribution is 2.38. The molecule has 0 aliphatic carbocycles. The van der Waals surface area contributed by atoms with Crippen LogP contribution in [0.3, 0.4) is 0 Å². The fourth-order valence-electron chi connectivity index (χ4n) is 0.974. The third kappa shape index (κ3) is 4.73. The fourth-order valence-corrected chi connectivity index (χ4v) is 0.974. The van der Waals surface area contributed by atoms with E-state index in [0.717, 1.165) is 0 Å². The van der Waals surface area contributed by atoms with E-state index in [2.05, 4.69) is 18.4 Å². The van der Waals surface area contributed by atoms with Gasteiger partial charge in [0.1, 0.15) is 5.17 Å². The van der Waals surface area contributed by atoms with Crippen molar-refractivity contribution >= 4 is 34.9 Å². The van der Waals surface area contributed by atoms with Crippen molar-refractivity contribution in [2.24, 2.45) is 5.73 Å². The molecule has 20 heavy (non-hydrogen) atoms. The number of nitro groups is 3. The lowest BCUT2D eigenvalue weighted by molar-refractivity contribution is -0.404.